The highest BCUT2D eigenvalue weighted by atomic mass is 35.5. The minimum Gasteiger partial charge on any atom is -0.324 e. The Morgan fingerprint density at radius 2 is 2.00 bits per heavy atom. The van der Waals surface area contributed by atoms with Crippen molar-refractivity contribution in [3.05, 3.63) is 34.3 Å². The van der Waals surface area contributed by atoms with Crippen molar-refractivity contribution >= 4 is 11.6 Å². The summed E-state index contributed by atoms with van der Waals surface area (Å²) in [6, 6.07) is 2.79. The van der Waals surface area contributed by atoms with Gasteiger partial charge in [0.25, 0.3) is 0 Å². The van der Waals surface area contributed by atoms with Crippen molar-refractivity contribution in [2.45, 2.75) is 32.0 Å². The number of hydrogen-bond acceptors (Lipinski definition) is 1. The summed E-state index contributed by atoms with van der Waals surface area (Å²) < 4.78 is 37.4. The number of alkyl halides is 3. The summed E-state index contributed by atoms with van der Waals surface area (Å²) in [4.78, 5) is 0. The minimum absolute atomic E-state index is 0.286. The maximum absolute atomic E-state index is 12.5. The first kappa shape index (κ1) is 13.3. The van der Waals surface area contributed by atoms with E-state index in [2.05, 4.69) is 0 Å². The van der Waals surface area contributed by atoms with Gasteiger partial charge in [-0.05, 0) is 30.2 Å². The third-order valence-electron chi connectivity index (χ3n) is 2.32. The van der Waals surface area contributed by atoms with Gasteiger partial charge < -0.3 is 5.73 Å². The van der Waals surface area contributed by atoms with Crippen LogP contribution in [0, 0.1) is 0 Å². The second-order valence-electron chi connectivity index (χ2n) is 3.63. The van der Waals surface area contributed by atoms with Crippen molar-refractivity contribution in [2.75, 3.05) is 0 Å². The average Bonchev–Trinajstić information content (AvgIpc) is 2.16. The summed E-state index contributed by atoms with van der Waals surface area (Å²) in [7, 11) is 0. The number of halogens is 4. The molecule has 0 aliphatic rings. The fourth-order valence-electron chi connectivity index (χ4n) is 1.47. The molecule has 0 aliphatic carbocycles. The lowest BCUT2D eigenvalue weighted by Gasteiger charge is -2.15. The zero-order chi connectivity index (χ0) is 12.3. The molecular weight excluding hydrogens is 239 g/mol. The summed E-state index contributed by atoms with van der Waals surface area (Å²) in [5, 5.41) is 0.286. The lowest BCUT2D eigenvalue weighted by molar-refractivity contribution is -0.137. The maximum Gasteiger partial charge on any atom is 0.416 e. The topological polar surface area (TPSA) is 26.0 Å². The predicted molar refractivity (Wildman–Crippen MR) is 58.3 cm³/mol. The molecule has 0 saturated heterocycles. The Labute approximate surface area is 97.4 Å². The fraction of sp³-hybridized carbons (Fsp3) is 0.455. The van der Waals surface area contributed by atoms with E-state index in [1.54, 1.807) is 0 Å². The highest BCUT2D eigenvalue weighted by Crippen LogP contribution is 2.34. The Kier molecular flexibility index (Phi) is 4.21. The van der Waals surface area contributed by atoms with Crippen LogP contribution in [0.1, 0.15) is 36.9 Å². The Balaban J connectivity index is 3.09. The molecule has 1 nitrogen and oxygen atoms in total. The van der Waals surface area contributed by atoms with Gasteiger partial charge >= 0.3 is 6.18 Å². The van der Waals surface area contributed by atoms with Gasteiger partial charge in [0.2, 0.25) is 0 Å². The van der Waals surface area contributed by atoms with Crippen LogP contribution < -0.4 is 5.73 Å². The molecule has 0 heterocycles. The summed E-state index contributed by atoms with van der Waals surface area (Å²) >= 11 is 5.83. The van der Waals surface area contributed by atoms with Crippen molar-refractivity contribution in [3.8, 4) is 0 Å². The molecule has 1 rings (SSSR count). The molecule has 5 heteroatoms. The molecule has 0 aromatic heterocycles. The van der Waals surface area contributed by atoms with Crippen LogP contribution in [0.4, 0.5) is 13.2 Å². The molecule has 1 atom stereocenters. The number of rotatable bonds is 3. The van der Waals surface area contributed by atoms with E-state index in [1.807, 2.05) is 6.92 Å². The summed E-state index contributed by atoms with van der Waals surface area (Å²) in [5.74, 6) is 0. The Hall–Kier alpha value is -0.740. The molecule has 2 N–H and O–H groups in total. The monoisotopic (exact) mass is 251 g/mol. The van der Waals surface area contributed by atoms with Gasteiger partial charge in [0.1, 0.15) is 0 Å². The van der Waals surface area contributed by atoms with Crippen LogP contribution in [-0.2, 0) is 6.18 Å². The summed E-state index contributed by atoms with van der Waals surface area (Å²) in [6.45, 7) is 1.92. The number of hydrogen-bond donors (Lipinski definition) is 1. The van der Waals surface area contributed by atoms with Crippen molar-refractivity contribution in [1.82, 2.24) is 0 Å². The number of benzene rings is 1. The van der Waals surface area contributed by atoms with Gasteiger partial charge in [-0.15, -0.1) is 0 Å². The Morgan fingerprint density at radius 1 is 1.38 bits per heavy atom. The molecule has 0 bridgehead atoms. The van der Waals surface area contributed by atoms with E-state index in [9.17, 15) is 13.2 Å². The third kappa shape index (κ3) is 3.12. The zero-order valence-corrected chi connectivity index (χ0v) is 9.57. The maximum atomic E-state index is 12.5. The van der Waals surface area contributed by atoms with Gasteiger partial charge in [-0.25, -0.2) is 0 Å². The van der Waals surface area contributed by atoms with Gasteiger partial charge in [-0.1, -0.05) is 24.9 Å². The van der Waals surface area contributed by atoms with Crippen molar-refractivity contribution in [3.63, 3.8) is 0 Å². The lowest BCUT2D eigenvalue weighted by Crippen LogP contribution is -2.13. The smallest absolute Gasteiger partial charge is 0.324 e. The minimum atomic E-state index is -4.36. The standard InChI is InChI=1S/C11H13ClF3N/c1-2-3-10(16)8-6-7(11(13,14)15)4-5-9(8)12/h4-6,10H,2-3,16H2,1H3/t10-/m0/s1. The predicted octanol–water partition coefficient (Wildman–Crippen LogP) is 4.16. The molecule has 0 fully saturated rings. The van der Waals surface area contributed by atoms with Gasteiger partial charge in [0.15, 0.2) is 0 Å². The Morgan fingerprint density at radius 3 is 2.50 bits per heavy atom. The molecule has 1 aromatic carbocycles. The summed E-state index contributed by atoms with van der Waals surface area (Å²) in [6.07, 6.45) is -2.94. The zero-order valence-electron chi connectivity index (χ0n) is 8.81. The van der Waals surface area contributed by atoms with Gasteiger partial charge in [0.05, 0.1) is 5.56 Å². The Bertz CT molecular complexity index is 363. The molecule has 0 amide bonds. The molecular formula is C11H13ClF3N. The SMILES string of the molecule is CCC[C@H](N)c1cc(C(F)(F)F)ccc1Cl. The van der Waals surface area contributed by atoms with E-state index in [0.717, 1.165) is 18.6 Å². The van der Waals surface area contributed by atoms with E-state index in [4.69, 9.17) is 17.3 Å². The van der Waals surface area contributed by atoms with Crippen LogP contribution >= 0.6 is 11.6 Å². The molecule has 0 spiro atoms. The molecule has 0 unspecified atom stereocenters. The first-order valence-corrected chi connectivity index (χ1v) is 5.36. The van der Waals surface area contributed by atoms with E-state index < -0.39 is 17.8 Å². The molecule has 1 aromatic rings. The highest BCUT2D eigenvalue weighted by Gasteiger charge is 2.31. The fourth-order valence-corrected chi connectivity index (χ4v) is 1.73. The molecule has 0 saturated carbocycles. The molecule has 0 aliphatic heterocycles. The van der Waals surface area contributed by atoms with E-state index in [0.29, 0.717) is 12.0 Å². The van der Waals surface area contributed by atoms with Crippen molar-refractivity contribution in [2.24, 2.45) is 5.73 Å². The van der Waals surface area contributed by atoms with E-state index in [1.165, 1.54) is 6.07 Å². The normalized spacial score (nSPS) is 13.9. The van der Waals surface area contributed by atoms with Crippen LogP contribution in [0.3, 0.4) is 0 Å². The van der Waals surface area contributed by atoms with Crippen LogP contribution in [0.5, 0.6) is 0 Å². The summed E-state index contributed by atoms with van der Waals surface area (Å²) in [5.41, 5.74) is 5.42. The van der Waals surface area contributed by atoms with Gasteiger partial charge in [0, 0.05) is 11.1 Å². The van der Waals surface area contributed by atoms with Crippen LogP contribution in [0.25, 0.3) is 0 Å². The third-order valence-corrected chi connectivity index (χ3v) is 2.67. The van der Waals surface area contributed by atoms with Gasteiger partial charge in [-0.2, -0.15) is 13.2 Å². The van der Waals surface area contributed by atoms with Crippen LogP contribution in [0.2, 0.25) is 5.02 Å². The van der Waals surface area contributed by atoms with Crippen molar-refractivity contribution in [1.29, 1.82) is 0 Å². The van der Waals surface area contributed by atoms with Crippen LogP contribution in [-0.4, -0.2) is 0 Å². The highest BCUT2D eigenvalue weighted by molar-refractivity contribution is 6.31. The van der Waals surface area contributed by atoms with Gasteiger partial charge in [-0.3, -0.25) is 0 Å². The quantitative estimate of drug-likeness (QED) is 0.858. The second-order valence-corrected chi connectivity index (χ2v) is 4.04. The molecule has 16 heavy (non-hydrogen) atoms. The lowest BCUT2D eigenvalue weighted by atomic mass is 10.0. The largest absolute Gasteiger partial charge is 0.416 e. The van der Waals surface area contributed by atoms with E-state index in [-0.39, 0.29) is 5.02 Å². The first-order chi connectivity index (χ1) is 7.36. The number of nitrogens with two attached hydrogens (primary N) is 1. The second kappa shape index (κ2) is 5.06. The van der Waals surface area contributed by atoms with Crippen LogP contribution in [0.15, 0.2) is 18.2 Å². The molecule has 90 valence electrons. The average molecular weight is 252 g/mol. The first-order valence-electron chi connectivity index (χ1n) is 4.98. The van der Waals surface area contributed by atoms with E-state index >= 15 is 0 Å². The van der Waals surface area contributed by atoms with Crippen molar-refractivity contribution < 1.29 is 13.2 Å². The molecule has 0 radical (unpaired) electrons.